The van der Waals surface area contributed by atoms with E-state index in [1.807, 2.05) is 0 Å². The third kappa shape index (κ3) is 1.15. The van der Waals surface area contributed by atoms with Crippen molar-refractivity contribution in [3.05, 3.63) is 12.2 Å². The summed E-state index contributed by atoms with van der Waals surface area (Å²) in [5.74, 6) is -0.753. The molecule has 2 fully saturated rings. The van der Waals surface area contributed by atoms with Crippen LogP contribution >= 0.6 is 0 Å². The topological polar surface area (TPSA) is 68.2 Å². The second-order valence-corrected chi connectivity index (χ2v) is 4.72. The van der Waals surface area contributed by atoms with Gasteiger partial charge in [0.15, 0.2) is 12.1 Å². The molecule has 3 rings (SSSR count). The molecule has 0 amide bonds. The van der Waals surface area contributed by atoms with Gasteiger partial charge in [0, 0.05) is 0 Å². The van der Waals surface area contributed by atoms with Crippen molar-refractivity contribution < 1.29 is 24.4 Å². The average molecular weight is 214 g/mol. The quantitative estimate of drug-likeness (QED) is 0.533. The van der Waals surface area contributed by atoms with Crippen molar-refractivity contribution in [2.24, 2.45) is 0 Å². The molecule has 5 heteroatoms. The van der Waals surface area contributed by atoms with Crippen LogP contribution in [0.3, 0.4) is 0 Å². The minimum atomic E-state index is -1.27. The van der Waals surface area contributed by atoms with Gasteiger partial charge in [-0.25, -0.2) is 0 Å². The highest BCUT2D eigenvalue weighted by molar-refractivity contribution is 5.26. The fraction of sp³-hybridized carbons (Fsp3) is 0.800. The molecular weight excluding hydrogens is 200 g/mol. The van der Waals surface area contributed by atoms with Crippen LogP contribution in [0.5, 0.6) is 0 Å². The van der Waals surface area contributed by atoms with Crippen molar-refractivity contribution in [1.29, 1.82) is 0 Å². The molecule has 1 aliphatic carbocycles. The Kier molecular flexibility index (Phi) is 1.70. The Balaban J connectivity index is 1.93. The van der Waals surface area contributed by atoms with Gasteiger partial charge in [-0.3, -0.25) is 0 Å². The predicted octanol–water partition coefficient (Wildman–Crippen LogP) is -0.475. The zero-order valence-corrected chi connectivity index (χ0v) is 8.58. The van der Waals surface area contributed by atoms with Crippen LogP contribution in [0.4, 0.5) is 0 Å². The maximum atomic E-state index is 10.3. The number of aliphatic hydroxyl groups is 2. The number of ether oxygens (including phenoxy) is 3. The number of fused-ring (bicyclic) bond motifs is 3. The molecule has 0 aromatic rings. The predicted molar refractivity (Wildman–Crippen MR) is 48.8 cm³/mol. The van der Waals surface area contributed by atoms with Crippen LogP contribution in [0.1, 0.15) is 13.8 Å². The van der Waals surface area contributed by atoms with E-state index in [0.717, 1.165) is 0 Å². The fourth-order valence-corrected chi connectivity index (χ4v) is 2.45. The number of hydrogen-bond acceptors (Lipinski definition) is 5. The summed E-state index contributed by atoms with van der Waals surface area (Å²) >= 11 is 0. The third-order valence-electron chi connectivity index (χ3n) is 3.12. The Hall–Kier alpha value is -0.460. The average Bonchev–Trinajstić information content (AvgIpc) is 2.65. The smallest absolute Gasteiger partial charge is 0.191 e. The number of hydrogen-bond donors (Lipinski definition) is 2. The first-order valence-corrected chi connectivity index (χ1v) is 5.03. The summed E-state index contributed by atoms with van der Waals surface area (Å²) in [7, 11) is 0. The SMILES string of the molecule is CC1(C)OC2OC3C(O)C=CC3(O)C2O1. The monoisotopic (exact) mass is 214 g/mol. The van der Waals surface area contributed by atoms with E-state index in [2.05, 4.69) is 0 Å². The standard InChI is InChI=1S/C10H14O5/c1-9(2)14-7-8(15-9)13-6-5(11)3-4-10(6,7)12/h3-8,11-12H,1-2H3. The van der Waals surface area contributed by atoms with E-state index in [0.29, 0.717) is 0 Å². The van der Waals surface area contributed by atoms with Crippen LogP contribution in [0.25, 0.3) is 0 Å². The molecule has 2 N–H and O–H groups in total. The summed E-state index contributed by atoms with van der Waals surface area (Å²) in [5, 5.41) is 19.9. The lowest BCUT2D eigenvalue weighted by molar-refractivity contribution is -0.229. The minimum absolute atomic E-state index is 0.564. The molecule has 3 aliphatic rings. The highest BCUT2D eigenvalue weighted by atomic mass is 16.8. The molecular formula is C10H14O5. The first kappa shape index (κ1) is 9.74. The molecule has 0 bridgehead atoms. The summed E-state index contributed by atoms with van der Waals surface area (Å²) < 4.78 is 16.5. The summed E-state index contributed by atoms with van der Waals surface area (Å²) in [6.07, 6.45) is 0.424. The third-order valence-corrected chi connectivity index (χ3v) is 3.12. The van der Waals surface area contributed by atoms with E-state index in [-0.39, 0.29) is 0 Å². The minimum Gasteiger partial charge on any atom is -0.386 e. The van der Waals surface area contributed by atoms with Crippen molar-refractivity contribution in [2.75, 3.05) is 0 Å². The van der Waals surface area contributed by atoms with E-state index >= 15 is 0 Å². The van der Waals surface area contributed by atoms with Gasteiger partial charge in [-0.1, -0.05) is 6.08 Å². The van der Waals surface area contributed by atoms with E-state index in [9.17, 15) is 10.2 Å². The second-order valence-electron chi connectivity index (χ2n) is 4.72. The van der Waals surface area contributed by atoms with Gasteiger partial charge < -0.3 is 24.4 Å². The van der Waals surface area contributed by atoms with Gasteiger partial charge in [-0.15, -0.1) is 0 Å². The second kappa shape index (κ2) is 2.61. The van der Waals surface area contributed by atoms with E-state index in [1.165, 1.54) is 12.2 Å². The molecule has 84 valence electrons. The van der Waals surface area contributed by atoms with Crippen molar-refractivity contribution in [3.8, 4) is 0 Å². The summed E-state index contributed by atoms with van der Waals surface area (Å²) in [4.78, 5) is 0. The van der Waals surface area contributed by atoms with Gasteiger partial charge in [0.05, 0.1) is 0 Å². The first-order valence-electron chi connectivity index (χ1n) is 5.03. The number of aliphatic hydroxyl groups excluding tert-OH is 1. The zero-order valence-electron chi connectivity index (χ0n) is 8.58. The Bertz CT molecular complexity index is 326. The molecule has 5 unspecified atom stereocenters. The maximum Gasteiger partial charge on any atom is 0.191 e. The molecule has 2 saturated heterocycles. The van der Waals surface area contributed by atoms with Crippen LogP contribution in [-0.4, -0.2) is 46.2 Å². The molecule has 0 spiro atoms. The molecule has 0 aromatic heterocycles. The molecule has 5 nitrogen and oxygen atoms in total. The Labute approximate surface area is 87.2 Å². The van der Waals surface area contributed by atoms with Gasteiger partial charge >= 0.3 is 0 Å². The lowest BCUT2D eigenvalue weighted by Gasteiger charge is -2.28. The van der Waals surface area contributed by atoms with Gasteiger partial charge in [0.2, 0.25) is 0 Å². The van der Waals surface area contributed by atoms with Crippen LogP contribution < -0.4 is 0 Å². The van der Waals surface area contributed by atoms with Crippen LogP contribution in [0.15, 0.2) is 12.2 Å². The largest absolute Gasteiger partial charge is 0.386 e. The molecule has 5 atom stereocenters. The van der Waals surface area contributed by atoms with E-state index in [1.54, 1.807) is 13.8 Å². The zero-order chi connectivity index (χ0) is 10.8. The van der Waals surface area contributed by atoms with Crippen LogP contribution in [0, 0.1) is 0 Å². The molecule has 2 heterocycles. The molecule has 2 aliphatic heterocycles. The molecule has 0 aromatic carbocycles. The number of rotatable bonds is 0. The van der Waals surface area contributed by atoms with Gasteiger partial charge in [-0.05, 0) is 19.9 Å². The van der Waals surface area contributed by atoms with Crippen LogP contribution in [0.2, 0.25) is 0 Å². The molecule has 0 radical (unpaired) electrons. The normalized spacial score (nSPS) is 55.7. The first-order chi connectivity index (χ1) is 6.92. The molecule has 15 heavy (non-hydrogen) atoms. The van der Waals surface area contributed by atoms with Crippen molar-refractivity contribution in [1.82, 2.24) is 0 Å². The summed E-state index contributed by atoms with van der Waals surface area (Å²) in [6.45, 7) is 3.53. The van der Waals surface area contributed by atoms with E-state index in [4.69, 9.17) is 14.2 Å². The van der Waals surface area contributed by atoms with Crippen molar-refractivity contribution in [3.63, 3.8) is 0 Å². The van der Waals surface area contributed by atoms with E-state index < -0.39 is 36.0 Å². The fourth-order valence-electron chi connectivity index (χ4n) is 2.45. The van der Waals surface area contributed by atoms with Gasteiger partial charge in [0.1, 0.15) is 23.9 Å². The van der Waals surface area contributed by atoms with Crippen molar-refractivity contribution >= 4 is 0 Å². The Morgan fingerprint density at radius 1 is 1.20 bits per heavy atom. The van der Waals surface area contributed by atoms with Crippen molar-refractivity contribution in [2.45, 2.75) is 49.8 Å². The van der Waals surface area contributed by atoms with Gasteiger partial charge in [-0.2, -0.15) is 0 Å². The Morgan fingerprint density at radius 2 is 1.93 bits per heavy atom. The summed E-state index contributed by atoms with van der Waals surface area (Å²) in [5.41, 5.74) is -1.27. The maximum absolute atomic E-state index is 10.3. The lowest BCUT2D eigenvalue weighted by atomic mass is 9.95. The Morgan fingerprint density at radius 3 is 2.67 bits per heavy atom. The highest BCUT2D eigenvalue weighted by Gasteiger charge is 2.65. The summed E-state index contributed by atoms with van der Waals surface area (Å²) in [6, 6.07) is 0. The van der Waals surface area contributed by atoms with Crippen LogP contribution in [-0.2, 0) is 14.2 Å². The highest BCUT2D eigenvalue weighted by Crippen LogP contribution is 2.46. The lowest BCUT2D eigenvalue weighted by Crippen LogP contribution is -2.47. The molecule has 0 saturated carbocycles. The van der Waals surface area contributed by atoms with Gasteiger partial charge in [0.25, 0.3) is 0 Å².